The van der Waals surface area contributed by atoms with Gasteiger partial charge in [0.25, 0.3) is 0 Å². The maximum atomic E-state index is 12.7. The van der Waals surface area contributed by atoms with Crippen molar-refractivity contribution >= 4 is 5.69 Å². The van der Waals surface area contributed by atoms with Gasteiger partial charge in [-0.2, -0.15) is 0 Å². The summed E-state index contributed by atoms with van der Waals surface area (Å²) in [5.74, 6) is -0.469. The van der Waals surface area contributed by atoms with Crippen LogP contribution in [-0.4, -0.2) is 12.6 Å². The van der Waals surface area contributed by atoms with Gasteiger partial charge in [-0.15, -0.1) is 13.2 Å². The molecule has 0 saturated heterocycles. The molecule has 0 radical (unpaired) electrons. The zero-order valence-corrected chi connectivity index (χ0v) is 7.44. The third-order valence-electron chi connectivity index (χ3n) is 2.06. The van der Waals surface area contributed by atoms with Gasteiger partial charge in [-0.1, -0.05) is 0 Å². The van der Waals surface area contributed by atoms with E-state index < -0.39 is 18.4 Å². The van der Waals surface area contributed by atoms with E-state index in [2.05, 4.69) is 10.1 Å². The zero-order chi connectivity index (χ0) is 11.1. The highest BCUT2D eigenvalue weighted by Gasteiger charge is 2.36. The second kappa shape index (κ2) is 3.37. The Kier molecular flexibility index (Phi) is 2.30. The number of benzene rings is 1. The quantitative estimate of drug-likeness (QED) is 0.736. The molecule has 0 spiro atoms. The number of hydrogen-bond acceptors (Lipinski definition) is 2. The van der Waals surface area contributed by atoms with Crippen LogP contribution in [0.3, 0.4) is 0 Å². The SMILES string of the molecule is Fc1ccc2c(c1)CC(OC(F)(F)F)N2. The highest BCUT2D eigenvalue weighted by Crippen LogP contribution is 2.30. The Balaban J connectivity index is 2.09. The molecule has 0 bridgehead atoms. The molecule has 1 N–H and O–H groups in total. The van der Waals surface area contributed by atoms with Crippen molar-refractivity contribution in [3.05, 3.63) is 29.6 Å². The molecule has 0 aromatic heterocycles. The van der Waals surface area contributed by atoms with E-state index in [-0.39, 0.29) is 6.42 Å². The lowest BCUT2D eigenvalue weighted by Crippen LogP contribution is -2.28. The molecule has 1 atom stereocenters. The molecule has 6 heteroatoms. The first-order valence-corrected chi connectivity index (χ1v) is 4.23. The van der Waals surface area contributed by atoms with Gasteiger partial charge in [-0.3, -0.25) is 4.74 Å². The molecule has 0 aliphatic carbocycles. The van der Waals surface area contributed by atoms with Crippen LogP contribution in [0, 0.1) is 5.82 Å². The molecule has 0 saturated carbocycles. The average molecular weight is 221 g/mol. The number of fused-ring (bicyclic) bond motifs is 1. The lowest BCUT2D eigenvalue weighted by Gasteiger charge is -2.14. The maximum absolute atomic E-state index is 12.7. The van der Waals surface area contributed by atoms with E-state index in [1.165, 1.54) is 18.2 Å². The van der Waals surface area contributed by atoms with Crippen LogP contribution < -0.4 is 5.32 Å². The van der Waals surface area contributed by atoms with Gasteiger partial charge in [0.15, 0.2) is 0 Å². The number of ether oxygens (including phenoxy) is 1. The molecular formula is C9H7F4NO. The van der Waals surface area contributed by atoms with E-state index in [1.54, 1.807) is 0 Å². The monoisotopic (exact) mass is 221 g/mol. The number of nitrogens with one attached hydrogen (secondary N) is 1. The van der Waals surface area contributed by atoms with Crippen molar-refractivity contribution in [2.75, 3.05) is 5.32 Å². The topological polar surface area (TPSA) is 21.3 Å². The summed E-state index contributed by atoms with van der Waals surface area (Å²) in [7, 11) is 0. The molecule has 2 rings (SSSR count). The predicted molar refractivity (Wildman–Crippen MR) is 44.7 cm³/mol. The van der Waals surface area contributed by atoms with Crippen molar-refractivity contribution in [3.63, 3.8) is 0 Å². The first-order valence-electron chi connectivity index (χ1n) is 4.23. The van der Waals surface area contributed by atoms with Crippen molar-refractivity contribution in [3.8, 4) is 0 Å². The molecule has 2 nitrogen and oxygen atoms in total. The van der Waals surface area contributed by atoms with Crippen LogP contribution in [0.5, 0.6) is 0 Å². The van der Waals surface area contributed by atoms with Crippen LogP contribution in [0.25, 0.3) is 0 Å². The van der Waals surface area contributed by atoms with Crippen LogP contribution in [0.4, 0.5) is 23.2 Å². The molecule has 0 amide bonds. The Labute approximate surface area is 82.8 Å². The van der Waals surface area contributed by atoms with Gasteiger partial charge < -0.3 is 5.32 Å². The highest BCUT2D eigenvalue weighted by molar-refractivity contribution is 5.56. The van der Waals surface area contributed by atoms with Crippen molar-refractivity contribution in [2.45, 2.75) is 19.0 Å². The van der Waals surface area contributed by atoms with Crippen molar-refractivity contribution in [2.24, 2.45) is 0 Å². The van der Waals surface area contributed by atoms with Gasteiger partial charge in [-0.05, 0) is 23.8 Å². The minimum absolute atomic E-state index is 0.00655. The fraction of sp³-hybridized carbons (Fsp3) is 0.333. The molecule has 1 aromatic rings. The second-order valence-electron chi connectivity index (χ2n) is 3.20. The molecular weight excluding hydrogens is 214 g/mol. The summed E-state index contributed by atoms with van der Waals surface area (Å²) in [6, 6.07) is 3.77. The van der Waals surface area contributed by atoms with Gasteiger partial charge in [-0.25, -0.2) is 4.39 Å². The number of halogens is 4. The van der Waals surface area contributed by atoms with Crippen LogP contribution in [0.2, 0.25) is 0 Å². The van der Waals surface area contributed by atoms with Crippen LogP contribution >= 0.6 is 0 Å². The van der Waals surface area contributed by atoms with Crippen LogP contribution in [0.15, 0.2) is 18.2 Å². The van der Waals surface area contributed by atoms with E-state index in [1.807, 2.05) is 0 Å². The van der Waals surface area contributed by atoms with Crippen molar-refractivity contribution in [1.82, 2.24) is 0 Å². The lowest BCUT2D eigenvalue weighted by molar-refractivity contribution is -0.338. The molecule has 1 unspecified atom stereocenters. The van der Waals surface area contributed by atoms with Crippen molar-refractivity contribution in [1.29, 1.82) is 0 Å². The summed E-state index contributed by atoms with van der Waals surface area (Å²) in [5.41, 5.74) is 0.968. The molecule has 82 valence electrons. The number of alkyl halides is 3. The Morgan fingerprint density at radius 1 is 1.33 bits per heavy atom. The Bertz CT molecular complexity index is 377. The number of rotatable bonds is 1. The smallest absolute Gasteiger partial charge is 0.359 e. The largest absolute Gasteiger partial charge is 0.524 e. The number of hydrogen-bond donors (Lipinski definition) is 1. The summed E-state index contributed by atoms with van der Waals surface area (Å²) in [5, 5.41) is 2.51. The molecule has 0 fully saturated rings. The molecule has 1 aliphatic heterocycles. The van der Waals surface area contributed by atoms with E-state index in [9.17, 15) is 17.6 Å². The van der Waals surface area contributed by atoms with Crippen molar-refractivity contribution < 1.29 is 22.3 Å². The molecule has 15 heavy (non-hydrogen) atoms. The van der Waals surface area contributed by atoms with E-state index >= 15 is 0 Å². The first-order chi connectivity index (χ1) is 6.94. The fourth-order valence-corrected chi connectivity index (χ4v) is 1.53. The summed E-state index contributed by atoms with van der Waals surface area (Å²) in [4.78, 5) is 0. The summed E-state index contributed by atoms with van der Waals surface area (Å²) in [6.45, 7) is 0. The minimum Gasteiger partial charge on any atom is -0.359 e. The first kappa shape index (κ1) is 10.2. The summed E-state index contributed by atoms with van der Waals surface area (Å²) >= 11 is 0. The van der Waals surface area contributed by atoms with E-state index in [0.29, 0.717) is 11.3 Å². The molecule has 1 aromatic carbocycles. The third kappa shape index (κ3) is 2.38. The molecule has 1 aliphatic rings. The van der Waals surface area contributed by atoms with Gasteiger partial charge in [0.05, 0.1) is 0 Å². The second-order valence-corrected chi connectivity index (χ2v) is 3.20. The standard InChI is InChI=1S/C9H7F4NO/c10-6-1-2-7-5(3-6)4-8(14-7)15-9(11,12)13/h1-3,8,14H,4H2. The van der Waals surface area contributed by atoms with Crippen LogP contribution in [-0.2, 0) is 11.2 Å². The molecule has 1 heterocycles. The third-order valence-corrected chi connectivity index (χ3v) is 2.06. The van der Waals surface area contributed by atoms with E-state index in [0.717, 1.165) is 0 Å². The Morgan fingerprint density at radius 2 is 2.07 bits per heavy atom. The summed E-state index contributed by atoms with van der Waals surface area (Å²) < 4.78 is 52.1. The van der Waals surface area contributed by atoms with Gasteiger partial charge >= 0.3 is 6.36 Å². The van der Waals surface area contributed by atoms with Crippen LogP contribution in [0.1, 0.15) is 5.56 Å². The minimum atomic E-state index is -4.68. The maximum Gasteiger partial charge on any atom is 0.524 e. The summed E-state index contributed by atoms with van der Waals surface area (Å²) in [6.07, 6.45) is -5.84. The number of anilines is 1. The predicted octanol–water partition coefficient (Wildman–Crippen LogP) is 2.66. The average Bonchev–Trinajstić information content (AvgIpc) is 2.42. The normalized spacial score (nSPS) is 19.9. The van der Waals surface area contributed by atoms with Gasteiger partial charge in [0.2, 0.25) is 0 Å². The highest BCUT2D eigenvalue weighted by atomic mass is 19.4. The van der Waals surface area contributed by atoms with Gasteiger partial charge in [0.1, 0.15) is 12.0 Å². The lowest BCUT2D eigenvalue weighted by atomic mass is 10.1. The van der Waals surface area contributed by atoms with E-state index in [4.69, 9.17) is 0 Å². The Hall–Kier alpha value is -1.30. The fourth-order valence-electron chi connectivity index (χ4n) is 1.53. The Morgan fingerprint density at radius 3 is 2.73 bits per heavy atom. The zero-order valence-electron chi connectivity index (χ0n) is 7.44. The van der Waals surface area contributed by atoms with Gasteiger partial charge in [0, 0.05) is 12.1 Å².